The fourth-order valence-electron chi connectivity index (χ4n) is 3.21. The molecular formula is C19H37IN6S2. The van der Waals surface area contributed by atoms with Gasteiger partial charge in [-0.05, 0) is 51.0 Å². The van der Waals surface area contributed by atoms with Gasteiger partial charge in [-0.3, -0.25) is 4.99 Å². The van der Waals surface area contributed by atoms with Crippen molar-refractivity contribution in [3.05, 3.63) is 5.82 Å². The number of aliphatic imine (C=N–C) groups is 1. The van der Waals surface area contributed by atoms with Crippen LogP contribution in [0.5, 0.6) is 0 Å². The summed E-state index contributed by atoms with van der Waals surface area (Å²) >= 11 is 3.73. The van der Waals surface area contributed by atoms with Crippen LogP contribution in [-0.4, -0.2) is 57.1 Å². The molecule has 0 spiro atoms. The fourth-order valence-corrected chi connectivity index (χ4v) is 4.96. The number of guanidine groups is 1. The molecule has 6 nitrogen and oxygen atoms in total. The van der Waals surface area contributed by atoms with Crippen molar-refractivity contribution in [2.24, 2.45) is 10.9 Å². The summed E-state index contributed by atoms with van der Waals surface area (Å²) in [4.78, 5) is 4.82. The van der Waals surface area contributed by atoms with Gasteiger partial charge in [0.25, 0.3) is 0 Å². The number of aryl methyl sites for hydroxylation is 1. The van der Waals surface area contributed by atoms with E-state index in [2.05, 4.69) is 71.1 Å². The molecule has 0 saturated carbocycles. The Labute approximate surface area is 196 Å². The molecule has 9 heteroatoms. The first-order valence-corrected chi connectivity index (χ1v) is 12.3. The summed E-state index contributed by atoms with van der Waals surface area (Å²) in [5.41, 5.74) is 0. The van der Waals surface area contributed by atoms with E-state index in [1.54, 1.807) is 11.8 Å². The number of nitrogens with zero attached hydrogens (tertiary/aromatic N) is 4. The highest BCUT2D eigenvalue weighted by atomic mass is 127. The van der Waals surface area contributed by atoms with E-state index in [9.17, 15) is 0 Å². The summed E-state index contributed by atoms with van der Waals surface area (Å²) in [6, 6.07) is 0. The summed E-state index contributed by atoms with van der Waals surface area (Å²) in [5.74, 6) is 3.88. The molecule has 28 heavy (non-hydrogen) atoms. The normalized spacial score (nSPS) is 19.7. The van der Waals surface area contributed by atoms with Crippen molar-refractivity contribution in [1.29, 1.82) is 0 Å². The van der Waals surface area contributed by atoms with Gasteiger partial charge in [0, 0.05) is 30.8 Å². The van der Waals surface area contributed by atoms with Crippen LogP contribution >= 0.6 is 47.5 Å². The van der Waals surface area contributed by atoms with Crippen LogP contribution in [-0.2, 0) is 13.0 Å². The number of rotatable bonds is 10. The van der Waals surface area contributed by atoms with E-state index in [1.165, 1.54) is 18.6 Å². The van der Waals surface area contributed by atoms with E-state index in [-0.39, 0.29) is 24.0 Å². The van der Waals surface area contributed by atoms with Crippen molar-refractivity contribution in [3.8, 4) is 0 Å². The fraction of sp³-hybridized carbons (Fsp3) is 0.842. The molecule has 1 fully saturated rings. The Morgan fingerprint density at radius 2 is 2.14 bits per heavy atom. The zero-order valence-electron chi connectivity index (χ0n) is 18.0. The Balaban J connectivity index is 0.00000392. The highest BCUT2D eigenvalue weighted by Gasteiger charge is 2.29. The zero-order chi connectivity index (χ0) is 19.7. The molecule has 2 rings (SSSR count). The number of halogens is 1. The lowest BCUT2D eigenvalue weighted by Gasteiger charge is -2.21. The van der Waals surface area contributed by atoms with Crippen LogP contribution < -0.4 is 10.6 Å². The number of hydrogen-bond acceptors (Lipinski definition) is 5. The van der Waals surface area contributed by atoms with Crippen LogP contribution in [0.4, 0.5) is 0 Å². The molecule has 0 bridgehead atoms. The molecule has 1 aromatic rings. The Hall–Kier alpha value is -0.160. The molecule has 0 radical (unpaired) electrons. The predicted octanol–water partition coefficient (Wildman–Crippen LogP) is 4.05. The highest BCUT2D eigenvalue weighted by molar-refractivity contribution is 14.0. The van der Waals surface area contributed by atoms with Crippen molar-refractivity contribution in [2.45, 2.75) is 69.8 Å². The predicted molar refractivity (Wildman–Crippen MR) is 134 cm³/mol. The van der Waals surface area contributed by atoms with Crippen molar-refractivity contribution < 1.29 is 0 Å². The number of nitrogens with one attached hydrogen (secondary N) is 2. The third kappa shape index (κ3) is 8.30. The molecule has 0 amide bonds. The van der Waals surface area contributed by atoms with Gasteiger partial charge in [0.05, 0.1) is 6.54 Å². The highest BCUT2D eigenvalue weighted by Crippen LogP contribution is 2.37. The monoisotopic (exact) mass is 540 g/mol. The largest absolute Gasteiger partial charge is 0.357 e. The lowest BCUT2D eigenvalue weighted by atomic mass is 10.1. The van der Waals surface area contributed by atoms with Crippen LogP contribution in [0.15, 0.2) is 10.1 Å². The Kier molecular flexibility index (Phi) is 12.2. The second kappa shape index (κ2) is 13.2. The molecule has 1 aromatic heterocycles. The summed E-state index contributed by atoms with van der Waals surface area (Å²) in [6.45, 7) is 12.5. The van der Waals surface area contributed by atoms with Gasteiger partial charge in [-0.25, -0.2) is 0 Å². The maximum atomic E-state index is 4.82. The third-order valence-electron chi connectivity index (χ3n) is 4.61. The molecular weight excluding hydrogens is 503 g/mol. The number of hydrogen-bond donors (Lipinski definition) is 2. The summed E-state index contributed by atoms with van der Waals surface area (Å²) < 4.78 is 2.58. The first-order chi connectivity index (χ1) is 13.0. The maximum Gasteiger partial charge on any atom is 0.191 e. The van der Waals surface area contributed by atoms with Gasteiger partial charge >= 0.3 is 0 Å². The van der Waals surface area contributed by atoms with Crippen LogP contribution in [0, 0.1) is 5.92 Å². The second-order valence-electron chi connectivity index (χ2n) is 7.73. The van der Waals surface area contributed by atoms with Crippen molar-refractivity contribution in [1.82, 2.24) is 25.4 Å². The average molecular weight is 541 g/mol. The van der Waals surface area contributed by atoms with Crippen LogP contribution in [0.25, 0.3) is 0 Å². The minimum Gasteiger partial charge on any atom is -0.357 e. The van der Waals surface area contributed by atoms with E-state index in [0.717, 1.165) is 56.0 Å². The van der Waals surface area contributed by atoms with Crippen LogP contribution in [0.1, 0.15) is 52.8 Å². The minimum atomic E-state index is 0. The standard InChI is InChI=1S/C19H36N6S2.HI/c1-6-20-17(22-14-19(4)10-8-12-27-19)21-11-7-9-16-23-24-18(26-5)25(16)13-15(2)3;/h15H,6-14H2,1-5H3,(H2,20,21,22);1H. The number of aromatic nitrogens is 3. The van der Waals surface area contributed by atoms with Gasteiger partial charge < -0.3 is 15.2 Å². The summed E-state index contributed by atoms with van der Waals surface area (Å²) in [6.07, 6.45) is 6.59. The van der Waals surface area contributed by atoms with Gasteiger partial charge in [-0.2, -0.15) is 11.8 Å². The lowest BCUT2D eigenvalue weighted by Crippen LogP contribution is -2.39. The topological polar surface area (TPSA) is 67.1 Å². The minimum absolute atomic E-state index is 0. The van der Waals surface area contributed by atoms with Crippen molar-refractivity contribution in [2.75, 3.05) is 31.6 Å². The maximum absolute atomic E-state index is 4.82. The van der Waals surface area contributed by atoms with E-state index in [4.69, 9.17) is 4.99 Å². The van der Waals surface area contributed by atoms with Gasteiger partial charge in [0.15, 0.2) is 11.1 Å². The molecule has 1 aliphatic rings. The molecule has 1 atom stereocenters. The molecule has 0 aromatic carbocycles. The molecule has 0 aliphatic carbocycles. The van der Waals surface area contributed by atoms with E-state index < -0.39 is 0 Å². The number of thioether (sulfide) groups is 2. The molecule has 1 saturated heterocycles. The van der Waals surface area contributed by atoms with Gasteiger partial charge in [-0.1, -0.05) is 25.6 Å². The SMILES string of the molecule is CCNC(=NCC1(C)CCCS1)NCCCc1nnc(SC)n1CC(C)C.I. The Morgan fingerprint density at radius 1 is 1.36 bits per heavy atom. The molecule has 2 N–H and O–H groups in total. The smallest absolute Gasteiger partial charge is 0.191 e. The molecule has 1 unspecified atom stereocenters. The first kappa shape index (κ1) is 25.9. The quantitative estimate of drug-likeness (QED) is 0.154. The average Bonchev–Trinajstić information content (AvgIpc) is 3.23. The first-order valence-electron chi connectivity index (χ1n) is 10.1. The van der Waals surface area contributed by atoms with Crippen molar-refractivity contribution >= 4 is 53.5 Å². The molecule has 162 valence electrons. The third-order valence-corrected chi connectivity index (χ3v) is 6.80. The van der Waals surface area contributed by atoms with E-state index in [0.29, 0.717) is 10.7 Å². The van der Waals surface area contributed by atoms with Gasteiger partial charge in [0.1, 0.15) is 5.82 Å². The zero-order valence-corrected chi connectivity index (χ0v) is 21.9. The second-order valence-corrected chi connectivity index (χ2v) is 10.2. The lowest BCUT2D eigenvalue weighted by molar-refractivity contribution is 0.477. The summed E-state index contributed by atoms with van der Waals surface area (Å²) in [7, 11) is 0. The van der Waals surface area contributed by atoms with Crippen molar-refractivity contribution in [3.63, 3.8) is 0 Å². The Bertz CT molecular complexity index is 599. The van der Waals surface area contributed by atoms with Crippen LogP contribution in [0.2, 0.25) is 0 Å². The Morgan fingerprint density at radius 3 is 2.75 bits per heavy atom. The van der Waals surface area contributed by atoms with Crippen LogP contribution in [0.3, 0.4) is 0 Å². The molecule has 2 heterocycles. The summed E-state index contributed by atoms with van der Waals surface area (Å²) in [5, 5.41) is 16.6. The van der Waals surface area contributed by atoms with E-state index in [1.807, 2.05) is 0 Å². The molecule has 1 aliphatic heterocycles. The van der Waals surface area contributed by atoms with Gasteiger partial charge in [-0.15, -0.1) is 34.2 Å². The van der Waals surface area contributed by atoms with Gasteiger partial charge in [0.2, 0.25) is 0 Å². The van der Waals surface area contributed by atoms with E-state index >= 15 is 0 Å².